The number of benzene rings is 9. The molecule has 0 aliphatic heterocycles. The highest BCUT2D eigenvalue weighted by Crippen LogP contribution is 2.42. The van der Waals surface area contributed by atoms with Crippen LogP contribution in [0.5, 0.6) is 0 Å². The topological polar surface area (TPSA) is 56.7 Å². The van der Waals surface area contributed by atoms with Gasteiger partial charge in [0.05, 0.1) is 16.6 Å². The Morgan fingerprint density at radius 1 is 0.393 bits per heavy atom. The van der Waals surface area contributed by atoms with Crippen molar-refractivity contribution < 1.29 is 4.42 Å². The van der Waals surface area contributed by atoms with Crippen molar-refractivity contribution in [2.75, 3.05) is 0 Å². The molecule has 5 nitrogen and oxygen atoms in total. The highest BCUT2D eigenvalue weighted by molar-refractivity contribution is 6.23. The van der Waals surface area contributed by atoms with E-state index in [1.54, 1.807) is 0 Å². The summed E-state index contributed by atoms with van der Waals surface area (Å²) in [6, 6.07) is 63.9. The number of furan rings is 1. The number of hydrogen-bond donors (Lipinski definition) is 0. The molecule has 56 heavy (non-hydrogen) atoms. The predicted octanol–water partition coefficient (Wildman–Crippen LogP) is 13.3. The van der Waals surface area contributed by atoms with Crippen molar-refractivity contribution in [1.29, 1.82) is 0 Å². The van der Waals surface area contributed by atoms with Crippen LogP contribution in [0.1, 0.15) is 0 Å². The van der Waals surface area contributed by atoms with Crippen molar-refractivity contribution in [3.05, 3.63) is 182 Å². The molecule has 0 spiro atoms. The van der Waals surface area contributed by atoms with E-state index in [2.05, 4.69) is 144 Å². The number of hydrogen-bond acceptors (Lipinski definition) is 4. The Morgan fingerprint density at radius 2 is 1.04 bits per heavy atom. The van der Waals surface area contributed by atoms with Gasteiger partial charge in [-0.15, -0.1) is 0 Å². The summed E-state index contributed by atoms with van der Waals surface area (Å²) in [5.41, 5.74) is 7.58. The molecule has 12 aromatic rings. The molecule has 0 radical (unpaired) electrons. The van der Waals surface area contributed by atoms with Gasteiger partial charge < -0.3 is 8.98 Å². The van der Waals surface area contributed by atoms with Crippen LogP contribution < -0.4 is 0 Å². The normalized spacial score (nSPS) is 11.9. The molecular formula is C51H30N4O. The van der Waals surface area contributed by atoms with Gasteiger partial charge in [0.15, 0.2) is 17.5 Å². The van der Waals surface area contributed by atoms with Crippen molar-refractivity contribution in [3.63, 3.8) is 0 Å². The van der Waals surface area contributed by atoms with Crippen LogP contribution in [0.25, 0.3) is 116 Å². The van der Waals surface area contributed by atoms with Crippen LogP contribution in [0.3, 0.4) is 0 Å². The third-order valence-electron chi connectivity index (χ3n) is 11.2. The highest BCUT2D eigenvalue weighted by atomic mass is 16.3. The van der Waals surface area contributed by atoms with E-state index in [4.69, 9.17) is 19.4 Å². The second-order valence-electron chi connectivity index (χ2n) is 14.4. The molecule has 0 N–H and O–H groups in total. The maximum absolute atomic E-state index is 6.65. The molecule has 9 aromatic carbocycles. The van der Waals surface area contributed by atoms with Crippen molar-refractivity contribution in [3.8, 4) is 39.9 Å². The zero-order chi connectivity index (χ0) is 36.7. The summed E-state index contributed by atoms with van der Waals surface area (Å²) in [6.45, 7) is 0. The van der Waals surface area contributed by atoms with E-state index in [9.17, 15) is 0 Å². The maximum atomic E-state index is 6.65. The fourth-order valence-corrected chi connectivity index (χ4v) is 8.60. The average Bonchev–Trinajstić information content (AvgIpc) is 3.82. The van der Waals surface area contributed by atoms with Crippen LogP contribution in [0, 0.1) is 0 Å². The molecule has 12 rings (SSSR count). The summed E-state index contributed by atoms with van der Waals surface area (Å²) >= 11 is 0. The quantitative estimate of drug-likeness (QED) is 0.182. The Labute approximate surface area is 320 Å². The summed E-state index contributed by atoms with van der Waals surface area (Å²) in [5.74, 6) is 1.75. The van der Waals surface area contributed by atoms with E-state index < -0.39 is 0 Å². The molecule has 0 bridgehead atoms. The number of fused-ring (bicyclic) bond motifs is 11. The highest BCUT2D eigenvalue weighted by Gasteiger charge is 2.21. The summed E-state index contributed by atoms with van der Waals surface area (Å²) in [6.07, 6.45) is 0. The van der Waals surface area contributed by atoms with E-state index in [-0.39, 0.29) is 0 Å². The van der Waals surface area contributed by atoms with E-state index in [0.717, 1.165) is 60.6 Å². The molecule has 0 saturated heterocycles. The first-order chi connectivity index (χ1) is 27.7. The summed E-state index contributed by atoms with van der Waals surface area (Å²) in [7, 11) is 0. The van der Waals surface area contributed by atoms with E-state index in [1.165, 1.54) is 37.8 Å². The van der Waals surface area contributed by atoms with Gasteiger partial charge in [0, 0.05) is 43.7 Å². The first-order valence-electron chi connectivity index (χ1n) is 18.9. The minimum Gasteiger partial charge on any atom is -0.455 e. The first-order valence-corrected chi connectivity index (χ1v) is 18.9. The number of rotatable bonds is 4. The van der Waals surface area contributed by atoms with Crippen molar-refractivity contribution in [2.45, 2.75) is 0 Å². The van der Waals surface area contributed by atoms with Crippen molar-refractivity contribution in [2.24, 2.45) is 0 Å². The molecule has 3 heterocycles. The second kappa shape index (κ2) is 11.9. The van der Waals surface area contributed by atoms with Gasteiger partial charge in [-0.05, 0) is 63.3 Å². The molecule has 0 unspecified atom stereocenters. The lowest BCUT2D eigenvalue weighted by atomic mass is 10.00. The number of aromatic nitrogens is 4. The molecule has 0 aliphatic rings. The Kier molecular flexibility index (Phi) is 6.56. The monoisotopic (exact) mass is 714 g/mol. The van der Waals surface area contributed by atoms with E-state index >= 15 is 0 Å². The summed E-state index contributed by atoms with van der Waals surface area (Å²) in [5, 5.41) is 11.6. The molecule has 0 fully saturated rings. The lowest BCUT2D eigenvalue weighted by molar-refractivity contribution is 0.670. The second-order valence-corrected chi connectivity index (χ2v) is 14.4. The van der Waals surface area contributed by atoms with Crippen molar-refractivity contribution >= 4 is 76.1 Å². The summed E-state index contributed by atoms with van der Waals surface area (Å²) < 4.78 is 9.06. The lowest BCUT2D eigenvalue weighted by Gasteiger charge is -2.13. The smallest absolute Gasteiger partial charge is 0.167 e. The molecule has 5 heteroatoms. The van der Waals surface area contributed by atoms with Crippen LogP contribution in [-0.2, 0) is 0 Å². The largest absolute Gasteiger partial charge is 0.455 e. The third kappa shape index (κ3) is 4.64. The molecule has 0 saturated carbocycles. The molecule has 0 aliphatic carbocycles. The Bertz CT molecular complexity index is 3540. The first kappa shape index (κ1) is 30.8. The summed E-state index contributed by atoms with van der Waals surface area (Å²) in [4.78, 5) is 15.6. The van der Waals surface area contributed by atoms with Gasteiger partial charge in [-0.3, -0.25) is 0 Å². The van der Waals surface area contributed by atoms with Gasteiger partial charge in [-0.2, -0.15) is 0 Å². The van der Waals surface area contributed by atoms with Crippen LogP contribution >= 0.6 is 0 Å². The molecule has 260 valence electrons. The Morgan fingerprint density at radius 3 is 1.88 bits per heavy atom. The minimum atomic E-state index is 0.559. The molecule has 0 amide bonds. The third-order valence-corrected chi connectivity index (χ3v) is 11.2. The van der Waals surface area contributed by atoms with Gasteiger partial charge in [0.1, 0.15) is 11.2 Å². The van der Waals surface area contributed by atoms with E-state index in [1.807, 2.05) is 42.5 Å². The fourth-order valence-electron chi connectivity index (χ4n) is 8.60. The SMILES string of the molecule is c1ccc(-c2nc(-c3cccc(-n4c5cc6ccccc6cc5c5ccc6ccccc6c54)c3)nc(-c3cc4ccccc4c4c3oc3ccccc34)n2)cc1. The van der Waals surface area contributed by atoms with Gasteiger partial charge in [0.25, 0.3) is 0 Å². The molecule has 0 atom stereocenters. The standard InChI is InChI=1S/C51H30N4O/c1-2-14-32(15-3-1)49-52-50(54-51(53-49)43-29-35-18-7-8-21-38(35)46-41-23-10-11-24-45(41)56-48(43)46)36-19-12-20-37(27-36)55-44-30-34-17-5-4-16-33(34)28-42(44)40-26-25-31-13-6-9-22-39(31)47(40)55/h1-30H. The number of nitrogens with zero attached hydrogens (tertiary/aromatic N) is 4. The fraction of sp³-hybridized carbons (Fsp3) is 0. The van der Waals surface area contributed by atoms with Crippen LogP contribution in [0.15, 0.2) is 186 Å². The maximum Gasteiger partial charge on any atom is 0.167 e. The van der Waals surface area contributed by atoms with Crippen molar-refractivity contribution in [1.82, 2.24) is 19.5 Å². The van der Waals surface area contributed by atoms with Gasteiger partial charge in [-0.25, -0.2) is 15.0 Å². The molecular weight excluding hydrogens is 685 g/mol. The number of para-hydroxylation sites is 1. The van der Waals surface area contributed by atoms with Crippen LogP contribution in [0.2, 0.25) is 0 Å². The van der Waals surface area contributed by atoms with E-state index in [0.29, 0.717) is 17.5 Å². The Hall–Kier alpha value is -7.63. The zero-order valence-corrected chi connectivity index (χ0v) is 30.0. The average molecular weight is 715 g/mol. The lowest BCUT2D eigenvalue weighted by Crippen LogP contribution is -2.01. The van der Waals surface area contributed by atoms with Gasteiger partial charge in [-0.1, -0.05) is 146 Å². The van der Waals surface area contributed by atoms with Gasteiger partial charge in [0.2, 0.25) is 0 Å². The Balaban J connectivity index is 1.13. The van der Waals surface area contributed by atoms with Crippen LogP contribution in [0.4, 0.5) is 0 Å². The predicted molar refractivity (Wildman–Crippen MR) is 230 cm³/mol. The zero-order valence-electron chi connectivity index (χ0n) is 30.0. The minimum absolute atomic E-state index is 0.559. The van der Waals surface area contributed by atoms with Crippen LogP contribution in [-0.4, -0.2) is 19.5 Å². The van der Waals surface area contributed by atoms with Gasteiger partial charge >= 0.3 is 0 Å². The molecule has 3 aromatic heterocycles.